The summed E-state index contributed by atoms with van der Waals surface area (Å²) in [6.07, 6.45) is -1.37. The van der Waals surface area contributed by atoms with Gasteiger partial charge >= 0.3 is 17.2 Å². The molecule has 168 valence electrons. The van der Waals surface area contributed by atoms with Crippen molar-refractivity contribution in [1.82, 2.24) is 0 Å². The minimum absolute atomic E-state index is 0.117. The van der Waals surface area contributed by atoms with Gasteiger partial charge < -0.3 is 14.0 Å². The second-order valence-corrected chi connectivity index (χ2v) is 11.9. The molecule has 2 aromatic carbocycles. The normalized spacial score (nSPS) is 12.9. The Morgan fingerprint density at radius 2 is 1.61 bits per heavy atom. The molecule has 0 spiro atoms. The molecule has 0 aliphatic carbocycles. The van der Waals surface area contributed by atoms with Crippen LogP contribution in [-0.2, 0) is 19.6 Å². The largest absolute Gasteiger partial charge is 0.743 e. The number of halogens is 6. The van der Waals surface area contributed by atoms with E-state index in [-0.39, 0.29) is 16.9 Å². The fourth-order valence-corrected chi connectivity index (χ4v) is 7.26. The molecule has 14 heteroatoms. The topological polar surface area (TPSA) is 110 Å². The summed E-state index contributed by atoms with van der Waals surface area (Å²) in [5.74, 6) is -3.03. The molecule has 0 bridgehead atoms. The van der Waals surface area contributed by atoms with Crippen LogP contribution in [0.25, 0.3) is 0 Å². The molecule has 0 aromatic heterocycles. The Morgan fingerprint density at radius 1 is 1.06 bits per heavy atom. The Kier molecular flexibility index (Phi) is 9.30. The van der Waals surface area contributed by atoms with Gasteiger partial charge in [-0.25, -0.2) is 18.0 Å². The molecule has 1 atom stereocenters. The maximum absolute atomic E-state index is 13.5. The number of carbonyl (C=O) groups is 2. The molecule has 7 nitrogen and oxygen atoms in total. The fourth-order valence-electron chi connectivity index (χ4n) is 2.18. The quantitative estimate of drug-likeness (QED) is 0.173. The van der Waals surface area contributed by atoms with E-state index in [9.17, 15) is 31.3 Å². The van der Waals surface area contributed by atoms with E-state index in [2.05, 4.69) is 27.3 Å². The highest BCUT2D eigenvalue weighted by molar-refractivity contribution is 14.1. The first-order valence-electron chi connectivity index (χ1n) is 7.86. The first-order valence-corrected chi connectivity index (χ1v) is 13.6. The van der Waals surface area contributed by atoms with Crippen molar-refractivity contribution < 1.29 is 40.8 Å². The predicted molar refractivity (Wildman–Crippen MR) is 138 cm³/mol. The first-order chi connectivity index (χ1) is 14.2. The molecule has 0 radical (unpaired) electrons. The predicted octanol–water partition coefficient (Wildman–Crippen LogP) is 5.07. The second kappa shape index (κ2) is 10.6. The van der Waals surface area contributed by atoms with E-state index in [0.29, 0.717) is 10.7 Å². The smallest absolute Gasteiger partial charge is 0.428 e. The van der Waals surface area contributed by atoms with Crippen LogP contribution in [0, 0.1) is 14.3 Å². The van der Waals surface area contributed by atoms with Crippen molar-refractivity contribution in [2.24, 2.45) is 0 Å². The van der Waals surface area contributed by atoms with Gasteiger partial charge in [0.05, 0.1) is 12.7 Å². The zero-order chi connectivity index (χ0) is 23.7. The van der Waals surface area contributed by atoms with Gasteiger partial charge in [-0.3, -0.25) is 0 Å². The maximum Gasteiger partial charge on any atom is 0.428 e. The summed E-state index contributed by atoms with van der Waals surface area (Å²) in [7, 11) is -6.25. The third-order valence-electron chi connectivity index (χ3n) is 3.68. The van der Waals surface area contributed by atoms with Gasteiger partial charge in [-0.1, -0.05) is 0 Å². The van der Waals surface area contributed by atoms with Crippen molar-refractivity contribution in [2.75, 3.05) is 0 Å². The van der Waals surface area contributed by atoms with E-state index in [4.69, 9.17) is 4.74 Å². The maximum atomic E-state index is 13.5. The molecule has 0 heterocycles. The van der Waals surface area contributed by atoms with E-state index in [0.717, 1.165) is 3.57 Å². The Labute approximate surface area is 230 Å². The number of alkyl halides is 2. The van der Waals surface area contributed by atoms with E-state index in [1.165, 1.54) is 6.92 Å². The molecule has 0 N–H and O–H groups in total. The average Bonchev–Trinajstić information content (AvgIpc) is 2.64. The number of esters is 2. The number of rotatable bonds is 6. The lowest BCUT2D eigenvalue weighted by Crippen LogP contribution is -2.39. The molecule has 1 unspecified atom stereocenters. The average molecular weight is 903 g/mol. The van der Waals surface area contributed by atoms with Crippen LogP contribution >= 0.6 is 90.4 Å². The van der Waals surface area contributed by atoms with Crippen LogP contribution in [0.5, 0.6) is 5.75 Å². The number of benzene rings is 2. The summed E-state index contributed by atoms with van der Waals surface area (Å²) < 4.78 is 71.2. The van der Waals surface area contributed by atoms with Crippen LogP contribution in [-0.4, -0.2) is 30.2 Å². The van der Waals surface area contributed by atoms with Gasteiger partial charge in [-0.15, -0.1) is 0 Å². The number of carbonyl (C=O) groups excluding carboxylic acids is 2. The van der Waals surface area contributed by atoms with E-state index in [1.807, 2.05) is 45.2 Å². The summed E-state index contributed by atoms with van der Waals surface area (Å²) in [5, 5.41) is -5.23. The molecular weight excluding hydrogens is 894 g/mol. The van der Waals surface area contributed by atoms with E-state index >= 15 is 0 Å². The van der Waals surface area contributed by atoms with E-state index in [1.54, 1.807) is 52.9 Å². The molecule has 0 amide bonds. The summed E-state index contributed by atoms with van der Waals surface area (Å²) in [5.41, 5.74) is 0.492. The van der Waals surface area contributed by atoms with Gasteiger partial charge in [0.25, 0.3) is 0 Å². The van der Waals surface area contributed by atoms with Crippen LogP contribution in [0.2, 0.25) is 0 Å². The summed E-state index contributed by atoms with van der Waals surface area (Å²) in [6, 6.07) is 8.17. The third-order valence-corrected chi connectivity index (χ3v) is 7.96. The lowest BCUT2D eigenvalue weighted by molar-refractivity contribution is -0.166. The lowest BCUT2D eigenvalue weighted by Gasteiger charge is -2.23. The van der Waals surface area contributed by atoms with Crippen LogP contribution in [0.1, 0.15) is 28.9 Å². The van der Waals surface area contributed by atoms with Crippen LogP contribution < -0.4 is 4.74 Å². The van der Waals surface area contributed by atoms with Crippen molar-refractivity contribution in [3.8, 4) is 5.75 Å². The van der Waals surface area contributed by atoms with Gasteiger partial charge in [0, 0.05) is 12.7 Å². The van der Waals surface area contributed by atoms with Crippen molar-refractivity contribution in [1.29, 1.82) is 0 Å². The van der Waals surface area contributed by atoms with Crippen LogP contribution in [0.15, 0.2) is 30.3 Å². The molecule has 0 aliphatic heterocycles. The number of ether oxygens (including phenoxy) is 2. The molecule has 0 saturated heterocycles. The molecule has 2 aromatic rings. The van der Waals surface area contributed by atoms with Crippen molar-refractivity contribution in [2.45, 2.75) is 18.3 Å². The molecule has 0 saturated carbocycles. The summed E-state index contributed by atoms with van der Waals surface area (Å²) in [4.78, 5) is 24.1. The Balaban J connectivity index is 2.38. The van der Waals surface area contributed by atoms with Gasteiger partial charge in [-0.2, -0.15) is 8.78 Å². The van der Waals surface area contributed by atoms with Crippen molar-refractivity contribution >= 4 is 112 Å². The number of hydrogen-bond acceptors (Lipinski definition) is 7. The Hall–Kier alpha value is 0.0700. The first kappa shape index (κ1) is 27.3. The van der Waals surface area contributed by atoms with Crippen molar-refractivity contribution in [3.63, 3.8) is 0 Å². The zero-order valence-corrected chi connectivity index (χ0v) is 24.4. The molecule has 2 rings (SSSR count). The Bertz CT molecular complexity index is 1140. The molecule has 0 aliphatic rings. The summed E-state index contributed by atoms with van der Waals surface area (Å²) in [6.45, 7) is 1.22. The second-order valence-electron chi connectivity index (χ2n) is 5.81. The monoisotopic (exact) mass is 903 g/mol. The minimum atomic E-state index is -6.25. The SMILES string of the molecule is CC(OC(=O)C(F)(F)S(=O)(=O)[O-])c1c(I)cc(I)c(OC(=O)c2ccc(I)cc2)c1I. The van der Waals surface area contributed by atoms with Crippen molar-refractivity contribution in [3.05, 3.63) is 55.7 Å². The minimum Gasteiger partial charge on any atom is -0.743 e. The highest BCUT2D eigenvalue weighted by Crippen LogP contribution is 2.39. The van der Waals surface area contributed by atoms with Gasteiger partial charge in [0.2, 0.25) is 0 Å². The lowest BCUT2D eigenvalue weighted by atomic mass is 10.1. The molecule has 31 heavy (non-hydrogen) atoms. The fraction of sp³-hybridized carbons (Fsp3) is 0.176. The zero-order valence-electron chi connectivity index (χ0n) is 15.0. The highest BCUT2D eigenvalue weighted by atomic mass is 127. The van der Waals surface area contributed by atoms with Gasteiger partial charge in [0.1, 0.15) is 6.10 Å². The van der Waals surface area contributed by atoms with Gasteiger partial charge in [0.15, 0.2) is 15.9 Å². The number of hydrogen-bond donors (Lipinski definition) is 0. The third kappa shape index (κ3) is 6.35. The van der Waals surface area contributed by atoms with Gasteiger partial charge in [-0.05, 0) is 128 Å². The van der Waals surface area contributed by atoms with Crippen LogP contribution in [0.4, 0.5) is 8.78 Å². The van der Waals surface area contributed by atoms with Crippen LogP contribution in [0.3, 0.4) is 0 Å². The standard InChI is InChI=1S/C17H10F2I4O7S/c1-7(29-16(25)17(18,19)31(26,27)28)12-10(21)6-11(22)14(13(12)23)30-15(24)8-2-4-9(20)5-3-8/h2-7H,1H3,(H,26,27,28)/p-1. The molecule has 0 fully saturated rings. The Morgan fingerprint density at radius 3 is 2.13 bits per heavy atom. The van der Waals surface area contributed by atoms with E-state index < -0.39 is 33.4 Å². The summed E-state index contributed by atoms with van der Waals surface area (Å²) >= 11 is 7.67. The molecular formula is C17H9F2I4O7S-. The highest BCUT2D eigenvalue weighted by Gasteiger charge is 2.49.